The van der Waals surface area contributed by atoms with Gasteiger partial charge in [0.2, 0.25) is 0 Å². The lowest BCUT2D eigenvalue weighted by molar-refractivity contribution is 0.486. The monoisotopic (exact) mass is 336 g/mol. The summed E-state index contributed by atoms with van der Waals surface area (Å²) < 4.78 is 0.156. The first-order chi connectivity index (χ1) is 10.9. The Kier molecular flexibility index (Phi) is 8.45. The normalized spacial score (nSPS) is 14.0. The number of hydrogen-bond acceptors (Lipinski definition) is 3. The molecule has 1 unspecified atom stereocenters. The van der Waals surface area contributed by atoms with Gasteiger partial charge in [-0.2, -0.15) is 11.8 Å². The molecule has 5 heteroatoms. The Labute approximate surface area is 146 Å². The summed E-state index contributed by atoms with van der Waals surface area (Å²) in [5.41, 5.74) is 1.27. The zero-order valence-electron chi connectivity index (χ0n) is 15.4. The molecule has 0 aliphatic heterocycles. The second-order valence-corrected chi connectivity index (χ2v) is 8.19. The third kappa shape index (κ3) is 7.25. The van der Waals surface area contributed by atoms with Gasteiger partial charge in [0.05, 0.1) is 6.54 Å². The second-order valence-electron chi connectivity index (χ2n) is 6.68. The lowest BCUT2D eigenvalue weighted by Gasteiger charge is -2.24. The Morgan fingerprint density at radius 1 is 1.35 bits per heavy atom. The van der Waals surface area contributed by atoms with Gasteiger partial charge in [-0.05, 0) is 44.6 Å². The van der Waals surface area contributed by atoms with Crippen molar-refractivity contribution in [3.05, 3.63) is 30.1 Å². The van der Waals surface area contributed by atoms with E-state index < -0.39 is 0 Å². The number of guanidine groups is 1. The van der Waals surface area contributed by atoms with E-state index in [4.69, 9.17) is 4.99 Å². The summed E-state index contributed by atoms with van der Waals surface area (Å²) in [5, 5.41) is 6.84. The summed E-state index contributed by atoms with van der Waals surface area (Å²) in [6.45, 7) is 13.6. The molecule has 1 aromatic rings. The number of thioether (sulfide) groups is 1. The van der Waals surface area contributed by atoms with E-state index in [1.807, 2.05) is 30.2 Å². The Hall–Kier alpha value is -1.23. The van der Waals surface area contributed by atoms with Crippen LogP contribution in [0.2, 0.25) is 0 Å². The molecule has 0 saturated heterocycles. The smallest absolute Gasteiger partial charge is 0.191 e. The predicted molar refractivity (Wildman–Crippen MR) is 103 cm³/mol. The first kappa shape index (κ1) is 19.8. The van der Waals surface area contributed by atoms with Gasteiger partial charge in [-0.3, -0.25) is 9.98 Å². The SMILES string of the molecule is CCNC(=NCC(C)(C)SC)NCC(c1cccnc1)C(C)C. The minimum Gasteiger partial charge on any atom is -0.357 e. The number of hydrogen-bond donors (Lipinski definition) is 2. The molecule has 0 spiro atoms. The van der Waals surface area contributed by atoms with E-state index in [1.54, 1.807) is 0 Å². The Morgan fingerprint density at radius 3 is 2.61 bits per heavy atom. The minimum atomic E-state index is 0.156. The zero-order valence-corrected chi connectivity index (χ0v) is 16.2. The molecule has 0 saturated carbocycles. The van der Waals surface area contributed by atoms with Crippen LogP contribution in [0.4, 0.5) is 0 Å². The van der Waals surface area contributed by atoms with Gasteiger partial charge in [0.1, 0.15) is 0 Å². The Morgan fingerprint density at radius 2 is 2.09 bits per heavy atom. The van der Waals surface area contributed by atoms with Crippen LogP contribution < -0.4 is 10.6 Å². The van der Waals surface area contributed by atoms with E-state index in [2.05, 4.69) is 62.6 Å². The zero-order chi connectivity index (χ0) is 17.3. The highest BCUT2D eigenvalue weighted by molar-refractivity contribution is 7.99. The fraction of sp³-hybridized carbons (Fsp3) is 0.667. The lowest BCUT2D eigenvalue weighted by Crippen LogP contribution is -2.41. The molecule has 0 aromatic carbocycles. The number of nitrogens with zero attached hydrogens (tertiary/aromatic N) is 2. The summed E-state index contributed by atoms with van der Waals surface area (Å²) in [6, 6.07) is 4.16. The predicted octanol–water partition coefficient (Wildman–Crippen LogP) is 3.52. The van der Waals surface area contributed by atoms with E-state index in [-0.39, 0.29) is 4.75 Å². The third-order valence-electron chi connectivity index (χ3n) is 3.92. The average molecular weight is 337 g/mol. The molecule has 0 fully saturated rings. The van der Waals surface area contributed by atoms with Crippen LogP contribution >= 0.6 is 11.8 Å². The van der Waals surface area contributed by atoms with E-state index in [9.17, 15) is 0 Å². The van der Waals surface area contributed by atoms with E-state index in [0.29, 0.717) is 11.8 Å². The standard InChI is InChI=1S/C18H32N4S/c1-7-20-17(22-13-18(4,5)23-6)21-12-16(14(2)3)15-9-8-10-19-11-15/h8-11,14,16H,7,12-13H2,1-6H3,(H2,20,21,22). The maximum absolute atomic E-state index is 4.74. The van der Waals surface area contributed by atoms with E-state index in [1.165, 1.54) is 5.56 Å². The molecule has 0 aliphatic carbocycles. The van der Waals surface area contributed by atoms with Crippen molar-refractivity contribution in [2.75, 3.05) is 25.9 Å². The molecule has 1 aromatic heterocycles. The molecule has 1 atom stereocenters. The number of rotatable bonds is 8. The highest BCUT2D eigenvalue weighted by atomic mass is 32.2. The molecule has 1 heterocycles. The van der Waals surface area contributed by atoms with Gasteiger partial charge in [0, 0.05) is 36.1 Å². The molecule has 1 rings (SSSR count). The first-order valence-corrected chi connectivity index (χ1v) is 9.59. The van der Waals surface area contributed by atoms with Crippen LogP contribution in [-0.4, -0.2) is 41.6 Å². The number of pyridine rings is 1. The summed E-state index contributed by atoms with van der Waals surface area (Å²) in [5.74, 6) is 1.85. The first-order valence-electron chi connectivity index (χ1n) is 8.37. The summed E-state index contributed by atoms with van der Waals surface area (Å²) >= 11 is 1.84. The summed E-state index contributed by atoms with van der Waals surface area (Å²) in [7, 11) is 0. The van der Waals surface area contributed by atoms with Crippen molar-refractivity contribution in [1.29, 1.82) is 0 Å². The van der Waals surface area contributed by atoms with Crippen molar-refractivity contribution in [3.8, 4) is 0 Å². The molecule has 130 valence electrons. The third-order valence-corrected chi connectivity index (χ3v) is 5.16. The van der Waals surface area contributed by atoms with Gasteiger partial charge in [-0.1, -0.05) is 19.9 Å². The van der Waals surface area contributed by atoms with Gasteiger partial charge < -0.3 is 10.6 Å². The van der Waals surface area contributed by atoms with Gasteiger partial charge in [-0.25, -0.2) is 0 Å². The van der Waals surface area contributed by atoms with Crippen LogP contribution in [0, 0.1) is 5.92 Å². The number of aliphatic imine (C=N–C) groups is 1. The molecule has 23 heavy (non-hydrogen) atoms. The molecule has 4 nitrogen and oxygen atoms in total. The van der Waals surface area contributed by atoms with Crippen LogP contribution in [0.15, 0.2) is 29.5 Å². The Balaban J connectivity index is 2.73. The average Bonchev–Trinajstić information content (AvgIpc) is 2.53. The highest BCUT2D eigenvalue weighted by Gasteiger charge is 2.18. The van der Waals surface area contributed by atoms with Crippen molar-refractivity contribution in [2.24, 2.45) is 10.9 Å². The van der Waals surface area contributed by atoms with E-state index in [0.717, 1.165) is 25.6 Å². The van der Waals surface area contributed by atoms with Gasteiger partial charge >= 0.3 is 0 Å². The van der Waals surface area contributed by atoms with Gasteiger partial charge in [0.25, 0.3) is 0 Å². The topological polar surface area (TPSA) is 49.3 Å². The van der Waals surface area contributed by atoms with Crippen LogP contribution in [0.3, 0.4) is 0 Å². The van der Waals surface area contributed by atoms with Crippen molar-refractivity contribution in [2.45, 2.75) is 45.3 Å². The summed E-state index contributed by atoms with van der Waals surface area (Å²) in [6.07, 6.45) is 5.92. The maximum atomic E-state index is 4.74. The van der Waals surface area contributed by atoms with Crippen molar-refractivity contribution in [3.63, 3.8) is 0 Å². The van der Waals surface area contributed by atoms with Crippen molar-refractivity contribution >= 4 is 17.7 Å². The molecular formula is C18H32N4S. The van der Waals surface area contributed by atoms with Crippen LogP contribution in [-0.2, 0) is 0 Å². The maximum Gasteiger partial charge on any atom is 0.191 e. The number of nitrogens with one attached hydrogen (secondary N) is 2. The quantitative estimate of drug-likeness (QED) is 0.563. The number of aromatic nitrogens is 1. The highest BCUT2D eigenvalue weighted by Crippen LogP contribution is 2.23. The molecular weight excluding hydrogens is 304 g/mol. The Bertz CT molecular complexity index is 471. The van der Waals surface area contributed by atoms with Crippen LogP contribution in [0.1, 0.15) is 46.1 Å². The van der Waals surface area contributed by atoms with Crippen LogP contribution in [0.5, 0.6) is 0 Å². The van der Waals surface area contributed by atoms with E-state index >= 15 is 0 Å². The molecule has 2 N–H and O–H groups in total. The van der Waals surface area contributed by atoms with Crippen LogP contribution in [0.25, 0.3) is 0 Å². The molecule has 0 radical (unpaired) electrons. The molecule has 0 aliphatic rings. The van der Waals surface area contributed by atoms with Gasteiger partial charge in [0.15, 0.2) is 5.96 Å². The minimum absolute atomic E-state index is 0.156. The molecule has 0 amide bonds. The fourth-order valence-corrected chi connectivity index (χ4v) is 2.41. The van der Waals surface area contributed by atoms with Crippen molar-refractivity contribution in [1.82, 2.24) is 15.6 Å². The summed E-state index contributed by atoms with van der Waals surface area (Å²) in [4.78, 5) is 8.99. The second kappa shape index (κ2) is 9.81. The largest absolute Gasteiger partial charge is 0.357 e. The lowest BCUT2D eigenvalue weighted by atomic mass is 9.89. The molecule has 0 bridgehead atoms. The van der Waals surface area contributed by atoms with Crippen molar-refractivity contribution < 1.29 is 0 Å². The fourth-order valence-electron chi connectivity index (χ4n) is 2.22. The van der Waals surface area contributed by atoms with Gasteiger partial charge in [-0.15, -0.1) is 0 Å².